The van der Waals surface area contributed by atoms with Gasteiger partial charge in [0.25, 0.3) is 0 Å². The highest BCUT2D eigenvalue weighted by Crippen LogP contribution is 2.29. The van der Waals surface area contributed by atoms with Crippen molar-refractivity contribution in [2.75, 3.05) is 13.7 Å². The van der Waals surface area contributed by atoms with Crippen LogP contribution in [0.2, 0.25) is 0 Å². The highest BCUT2D eigenvalue weighted by atomic mass is 16.6. The van der Waals surface area contributed by atoms with E-state index in [1.807, 2.05) is 27.7 Å². The predicted molar refractivity (Wildman–Crippen MR) is 71.7 cm³/mol. The molecular weight excluding hydrogens is 246 g/mol. The van der Waals surface area contributed by atoms with Gasteiger partial charge in [0.15, 0.2) is 0 Å². The van der Waals surface area contributed by atoms with E-state index >= 15 is 0 Å². The van der Waals surface area contributed by atoms with Crippen LogP contribution in [0.5, 0.6) is 0 Å². The average molecular weight is 269 g/mol. The Balaban J connectivity index is 2.89. The number of furan rings is 1. The summed E-state index contributed by atoms with van der Waals surface area (Å²) in [6, 6.07) is 3.20. The van der Waals surface area contributed by atoms with Crippen LogP contribution in [0.15, 0.2) is 22.8 Å². The molecule has 0 bridgehead atoms. The second-order valence-electron chi connectivity index (χ2n) is 5.71. The standard InChI is InChI=1S/C14H23NO4/c1-10(9-16)12(11-7-6-8-18-11)15(5)13(17)19-14(2,3)4/h6-8,10,12,16H,9H2,1-5H3. The number of ether oxygens (including phenoxy) is 1. The van der Waals surface area contributed by atoms with Crippen LogP contribution in [0.3, 0.4) is 0 Å². The first-order valence-corrected chi connectivity index (χ1v) is 6.36. The van der Waals surface area contributed by atoms with Crippen molar-refractivity contribution < 1.29 is 19.1 Å². The maximum absolute atomic E-state index is 12.1. The topological polar surface area (TPSA) is 62.9 Å². The summed E-state index contributed by atoms with van der Waals surface area (Å²) in [6.07, 6.45) is 1.12. The second-order valence-corrected chi connectivity index (χ2v) is 5.71. The summed E-state index contributed by atoms with van der Waals surface area (Å²) in [6.45, 7) is 7.26. The van der Waals surface area contributed by atoms with E-state index in [-0.39, 0.29) is 18.6 Å². The minimum absolute atomic E-state index is 0.0432. The van der Waals surface area contributed by atoms with E-state index in [2.05, 4.69) is 0 Å². The van der Waals surface area contributed by atoms with Gasteiger partial charge in [-0.2, -0.15) is 0 Å². The van der Waals surface area contributed by atoms with Gasteiger partial charge in [-0.3, -0.25) is 0 Å². The normalized spacial score (nSPS) is 14.8. The van der Waals surface area contributed by atoms with E-state index in [0.29, 0.717) is 5.76 Å². The Morgan fingerprint density at radius 3 is 2.58 bits per heavy atom. The number of hydrogen-bond donors (Lipinski definition) is 1. The maximum Gasteiger partial charge on any atom is 0.410 e. The molecule has 5 heteroatoms. The molecule has 0 spiro atoms. The molecule has 0 radical (unpaired) electrons. The summed E-state index contributed by atoms with van der Waals surface area (Å²) in [5.41, 5.74) is -0.554. The molecule has 1 N–H and O–H groups in total. The van der Waals surface area contributed by atoms with Crippen molar-refractivity contribution in [3.8, 4) is 0 Å². The first kappa shape index (κ1) is 15.6. The monoisotopic (exact) mass is 269 g/mol. The molecule has 19 heavy (non-hydrogen) atoms. The van der Waals surface area contributed by atoms with Gasteiger partial charge in [-0.15, -0.1) is 0 Å². The van der Waals surface area contributed by atoms with Crippen LogP contribution in [0.25, 0.3) is 0 Å². The number of nitrogens with zero attached hydrogens (tertiary/aromatic N) is 1. The van der Waals surface area contributed by atoms with Crippen LogP contribution in [-0.2, 0) is 4.74 Å². The van der Waals surface area contributed by atoms with Crippen molar-refractivity contribution in [1.82, 2.24) is 4.90 Å². The molecule has 0 aliphatic carbocycles. The molecule has 0 aliphatic rings. The van der Waals surface area contributed by atoms with Crippen LogP contribution < -0.4 is 0 Å². The highest BCUT2D eigenvalue weighted by Gasteiger charge is 2.31. The Bertz CT molecular complexity index is 394. The summed E-state index contributed by atoms with van der Waals surface area (Å²) >= 11 is 0. The number of aliphatic hydroxyl groups is 1. The molecule has 0 saturated carbocycles. The number of carbonyl (C=O) groups excluding carboxylic acids is 1. The van der Waals surface area contributed by atoms with E-state index in [9.17, 15) is 9.90 Å². The number of amides is 1. The molecule has 0 aliphatic heterocycles. The Kier molecular flexibility index (Phi) is 5.00. The fourth-order valence-corrected chi connectivity index (χ4v) is 1.86. The lowest BCUT2D eigenvalue weighted by molar-refractivity contribution is 0.0104. The fourth-order valence-electron chi connectivity index (χ4n) is 1.86. The fraction of sp³-hybridized carbons (Fsp3) is 0.643. The Morgan fingerprint density at radius 1 is 1.53 bits per heavy atom. The van der Waals surface area contributed by atoms with Crippen LogP contribution in [0.1, 0.15) is 39.5 Å². The van der Waals surface area contributed by atoms with Gasteiger partial charge in [0.05, 0.1) is 12.3 Å². The largest absolute Gasteiger partial charge is 0.467 e. The lowest BCUT2D eigenvalue weighted by Gasteiger charge is -2.32. The van der Waals surface area contributed by atoms with E-state index in [1.54, 1.807) is 25.4 Å². The number of hydrogen-bond acceptors (Lipinski definition) is 4. The number of rotatable bonds is 4. The van der Waals surface area contributed by atoms with Gasteiger partial charge in [0.2, 0.25) is 0 Å². The zero-order valence-corrected chi connectivity index (χ0v) is 12.2. The highest BCUT2D eigenvalue weighted by molar-refractivity contribution is 5.68. The first-order valence-electron chi connectivity index (χ1n) is 6.36. The summed E-state index contributed by atoms with van der Waals surface area (Å²) in [5, 5.41) is 9.35. The maximum atomic E-state index is 12.1. The lowest BCUT2D eigenvalue weighted by atomic mass is 9.99. The quantitative estimate of drug-likeness (QED) is 0.913. The number of aliphatic hydroxyl groups excluding tert-OH is 1. The van der Waals surface area contributed by atoms with E-state index in [4.69, 9.17) is 9.15 Å². The van der Waals surface area contributed by atoms with Gasteiger partial charge in [0.1, 0.15) is 11.4 Å². The Labute approximate surface area is 114 Å². The molecule has 108 valence electrons. The molecule has 0 saturated heterocycles. The van der Waals surface area contributed by atoms with Crippen LogP contribution in [0, 0.1) is 5.92 Å². The molecular formula is C14H23NO4. The Morgan fingerprint density at radius 2 is 2.16 bits per heavy atom. The van der Waals surface area contributed by atoms with Crippen molar-refractivity contribution >= 4 is 6.09 Å². The van der Waals surface area contributed by atoms with E-state index in [1.165, 1.54) is 4.90 Å². The van der Waals surface area contributed by atoms with Gasteiger partial charge >= 0.3 is 6.09 Å². The van der Waals surface area contributed by atoms with Gasteiger partial charge < -0.3 is 19.2 Å². The van der Waals surface area contributed by atoms with Gasteiger partial charge in [-0.05, 0) is 32.9 Å². The zero-order chi connectivity index (χ0) is 14.6. The van der Waals surface area contributed by atoms with Crippen molar-refractivity contribution in [2.45, 2.75) is 39.3 Å². The van der Waals surface area contributed by atoms with Gasteiger partial charge in [0, 0.05) is 19.6 Å². The summed E-state index contributed by atoms with van der Waals surface area (Å²) in [4.78, 5) is 13.6. The zero-order valence-electron chi connectivity index (χ0n) is 12.2. The van der Waals surface area contributed by atoms with Crippen LogP contribution in [0.4, 0.5) is 4.79 Å². The van der Waals surface area contributed by atoms with Crippen molar-refractivity contribution in [2.24, 2.45) is 5.92 Å². The summed E-state index contributed by atoms with van der Waals surface area (Å²) in [5.74, 6) is 0.485. The molecule has 1 aromatic rings. The third-order valence-electron chi connectivity index (χ3n) is 2.76. The molecule has 2 atom stereocenters. The minimum atomic E-state index is -0.554. The summed E-state index contributed by atoms with van der Waals surface area (Å²) < 4.78 is 10.7. The summed E-state index contributed by atoms with van der Waals surface area (Å²) in [7, 11) is 1.65. The SMILES string of the molecule is CC(CO)C(c1ccco1)N(C)C(=O)OC(C)(C)C. The van der Waals surface area contributed by atoms with E-state index < -0.39 is 11.7 Å². The molecule has 2 unspecified atom stereocenters. The molecule has 0 aromatic carbocycles. The smallest absolute Gasteiger partial charge is 0.410 e. The molecule has 1 aromatic heterocycles. The molecule has 0 fully saturated rings. The van der Waals surface area contributed by atoms with E-state index in [0.717, 1.165) is 0 Å². The van der Waals surface area contributed by atoms with Gasteiger partial charge in [-0.25, -0.2) is 4.79 Å². The molecule has 1 rings (SSSR count). The van der Waals surface area contributed by atoms with Crippen molar-refractivity contribution in [3.63, 3.8) is 0 Å². The molecule has 1 heterocycles. The first-order chi connectivity index (χ1) is 8.76. The Hall–Kier alpha value is -1.49. The molecule has 5 nitrogen and oxygen atoms in total. The minimum Gasteiger partial charge on any atom is -0.467 e. The average Bonchev–Trinajstić information content (AvgIpc) is 2.80. The predicted octanol–water partition coefficient (Wildman–Crippen LogP) is 2.82. The molecule has 1 amide bonds. The van der Waals surface area contributed by atoms with Crippen molar-refractivity contribution in [1.29, 1.82) is 0 Å². The van der Waals surface area contributed by atoms with Crippen LogP contribution >= 0.6 is 0 Å². The van der Waals surface area contributed by atoms with Crippen LogP contribution in [-0.4, -0.2) is 35.4 Å². The third kappa shape index (κ3) is 4.28. The third-order valence-corrected chi connectivity index (χ3v) is 2.76. The second kappa shape index (κ2) is 6.10. The van der Waals surface area contributed by atoms with Gasteiger partial charge in [-0.1, -0.05) is 6.92 Å². The number of carbonyl (C=O) groups is 1. The lowest BCUT2D eigenvalue weighted by Crippen LogP contribution is -2.39. The van der Waals surface area contributed by atoms with Crippen molar-refractivity contribution in [3.05, 3.63) is 24.2 Å².